The second-order valence-electron chi connectivity index (χ2n) is 3.83. The quantitative estimate of drug-likeness (QED) is 0.767. The smallest absolute Gasteiger partial charge is 0.119 e. The summed E-state index contributed by atoms with van der Waals surface area (Å²) in [5.41, 5.74) is 1.20. The van der Waals surface area contributed by atoms with E-state index in [4.69, 9.17) is 9.47 Å². The molecule has 0 aromatic heterocycles. The Bertz CT molecular complexity index is 349. The van der Waals surface area contributed by atoms with Crippen molar-refractivity contribution >= 4 is 31.9 Å². The van der Waals surface area contributed by atoms with Crippen molar-refractivity contribution in [2.75, 3.05) is 13.2 Å². The highest BCUT2D eigenvalue weighted by molar-refractivity contribution is 9.10. The highest BCUT2D eigenvalue weighted by atomic mass is 79.9. The molecule has 0 amide bonds. The molecule has 2 nitrogen and oxygen atoms in total. The second kappa shape index (κ2) is 6.03. The molecule has 1 aliphatic rings. The maximum absolute atomic E-state index is 5.72. The number of benzene rings is 1. The molecule has 0 saturated carbocycles. The monoisotopic (exact) mass is 348 g/mol. The molecule has 1 fully saturated rings. The van der Waals surface area contributed by atoms with Crippen LogP contribution in [0.5, 0.6) is 5.75 Å². The van der Waals surface area contributed by atoms with E-state index in [9.17, 15) is 0 Å². The van der Waals surface area contributed by atoms with E-state index in [-0.39, 0.29) is 6.10 Å². The average Bonchev–Trinajstić information content (AvgIpc) is 2.81. The van der Waals surface area contributed by atoms with Gasteiger partial charge in [-0.2, -0.15) is 0 Å². The van der Waals surface area contributed by atoms with Crippen molar-refractivity contribution in [2.24, 2.45) is 0 Å². The van der Waals surface area contributed by atoms with Gasteiger partial charge in [-0.1, -0.05) is 31.9 Å². The minimum absolute atomic E-state index is 0.274. The third kappa shape index (κ3) is 3.22. The van der Waals surface area contributed by atoms with Crippen molar-refractivity contribution < 1.29 is 9.47 Å². The van der Waals surface area contributed by atoms with Gasteiger partial charge in [-0.05, 0) is 36.6 Å². The predicted molar refractivity (Wildman–Crippen MR) is 71.2 cm³/mol. The summed E-state index contributed by atoms with van der Waals surface area (Å²) in [5.74, 6) is 0.910. The topological polar surface area (TPSA) is 18.5 Å². The molecule has 1 atom stereocenters. The van der Waals surface area contributed by atoms with Gasteiger partial charge >= 0.3 is 0 Å². The van der Waals surface area contributed by atoms with E-state index in [2.05, 4.69) is 31.9 Å². The Morgan fingerprint density at radius 1 is 1.44 bits per heavy atom. The van der Waals surface area contributed by atoms with E-state index in [0.29, 0.717) is 6.61 Å². The van der Waals surface area contributed by atoms with E-state index in [1.807, 2.05) is 18.2 Å². The Morgan fingerprint density at radius 2 is 2.31 bits per heavy atom. The Hall–Kier alpha value is -0.0600. The first-order valence-electron chi connectivity index (χ1n) is 5.38. The minimum atomic E-state index is 0.274. The molecule has 0 bridgehead atoms. The van der Waals surface area contributed by atoms with Gasteiger partial charge < -0.3 is 9.47 Å². The first kappa shape index (κ1) is 12.4. The zero-order chi connectivity index (χ0) is 11.4. The zero-order valence-electron chi connectivity index (χ0n) is 8.92. The lowest BCUT2D eigenvalue weighted by Crippen LogP contribution is -2.16. The molecule has 1 saturated heterocycles. The van der Waals surface area contributed by atoms with Crippen molar-refractivity contribution in [3.63, 3.8) is 0 Å². The van der Waals surface area contributed by atoms with Crippen LogP contribution in [0.1, 0.15) is 18.4 Å². The molecule has 88 valence electrons. The maximum atomic E-state index is 5.72. The van der Waals surface area contributed by atoms with Crippen molar-refractivity contribution in [2.45, 2.75) is 24.3 Å². The summed E-state index contributed by atoms with van der Waals surface area (Å²) in [5, 5.41) is 0.824. The molecular formula is C12H14Br2O2. The molecule has 0 aliphatic carbocycles. The Kier molecular flexibility index (Phi) is 4.67. The normalized spacial score (nSPS) is 20.0. The fraction of sp³-hybridized carbons (Fsp3) is 0.500. The van der Waals surface area contributed by atoms with Gasteiger partial charge in [0.15, 0.2) is 0 Å². The zero-order valence-corrected chi connectivity index (χ0v) is 12.1. The van der Waals surface area contributed by atoms with Crippen molar-refractivity contribution in [1.29, 1.82) is 0 Å². The second-order valence-corrected chi connectivity index (χ2v) is 5.25. The van der Waals surface area contributed by atoms with Gasteiger partial charge in [0.1, 0.15) is 12.4 Å². The summed E-state index contributed by atoms with van der Waals surface area (Å²) >= 11 is 6.95. The minimum Gasteiger partial charge on any atom is -0.491 e. The summed E-state index contributed by atoms with van der Waals surface area (Å²) in [6.07, 6.45) is 2.54. The van der Waals surface area contributed by atoms with Crippen LogP contribution < -0.4 is 4.74 Å². The predicted octanol–water partition coefficient (Wildman–Crippen LogP) is 3.90. The van der Waals surface area contributed by atoms with Gasteiger partial charge in [0, 0.05) is 16.4 Å². The molecule has 1 aromatic carbocycles. The molecule has 1 aliphatic heterocycles. The third-order valence-electron chi connectivity index (χ3n) is 2.62. The molecule has 0 N–H and O–H groups in total. The number of ether oxygens (including phenoxy) is 2. The van der Waals surface area contributed by atoms with E-state index in [1.54, 1.807) is 0 Å². The van der Waals surface area contributed by atoms with Crippen molar-refractivity contribution in [3.05, 3.63) is 28.2 Å². The SMILES string of the molecule is BrCc1cc(OCC2CCCO2)ccc1Br. The van der Waals surface area contributed by atoms with Crippen LogP contribution in [-0.4, -0.2) is 19.3 Å². The molecule has 4 heteroatoms. The van der Waals surface area contributed by atoms with Crippen LogP contribution in [0.25, 0.3) is 0 Å². The largest absolute Gasteiger partial charge is 0.491 e. The number of hydrogen-bond acceptors (Lipinski definition) is 2. The molecule has 1 unspecified atom stereocenters. The highest BCUT2D eigenvalue weighted by Gasteiger charge is 2.16. The maximum Gasteiger partial charge on any atom is 0.119 e. The fourth-order valence-corrected chi connectivity index (χ4v) is 2.94. The van der Waals surface area contributed by atoms with Crippen molar-refractivity contribution in [1.82, 2.24) is 0 Å². The van der Waals surface area contributed by atoms with Gasteiger partial charge in [-0.15, -0.1) is 0 Å². The first-order valence-corrected chi connectivity index (χ1v) is 7.30. The summed E-state index contributed by atoms with van der Waals surface area (Å²) in [6, 6.07) is 6.04. The van der Waals surface area contributed by atoms with Crippen LogP contribution in [0.4, 0.5) is 0 Å². The van der Waals surface area contributed by atoms with Gasteiger partial charge in [-0.25, -0.2) is 0 Å². The summed E-state index contributed by atoms with van der Waals surface area (Å²) in [7, 11) is 0. The van der Waals surface area contributed by atoms with Crippen LogP contribution in [0.3, 0.4) is 0 Å². The average molecular weight is 350 g/mol. The van der Waals surface area contributed by atoms with Crippen LogP contribution in [0, 0.1) is 0 Å². The van der Waals surface area contributed by atoms with Crippen LogP contribution in [0.15, 0.2) is 22.7 Å². The molecule has 0 radical (unpaired) electrons. The Balaban J connectivity index is 1.93. The summed E-state index contributed by atoms with van der Waals surface area (Å²) in [6.45, 7) is 1.53. The van der Waals surface area contributed by atoms with E-state index in [1.165, 1.54) is 5.56 Å². The number of alkyl halides is 1. The lowest BCUT2D eigenvalue weighted by atomic mass is 10.2. The third-order valence-corrected chi connectivity index (χ3v) is 4.00. The fourth-order valence-electron chi connectivity index (χ4n) is 1.71. The molecule has 1 aromatic rings. The standard InChI is InChI=1S/C12H14Br2O2/c13-7-9-6-10(3-4-12(9)14)16-8-11-2-1-5-15-11/h3-4,6,11H,1-2,5,7-8H2. The molecule has 2 rings (SSSR count). The van der Waals surface area contributed by atoms with Gasteiger partial charge in [0.05, 0.1) is 6.10 Å². The van der Waals surface area contributed by atoms with Crippen LogP contribution in [-0.2, 0) is 10.1 Å². The van der Waals surface area contributed by atoms with E-state index < -0.39 is 0 Å². The Morgan fingerprint density at radius 3 is 3.00 bits per heavy atom. The van der Waals surface area contributed by atoms with Crippen molar-refractivity contribution in [3.8, 4) is 5.75 Å². The first-order chi connectivity index (χ1) is 7.79. The molecule has 1 heterocycles. The van der Waals surface area contributed by atoms with Crippen LogP contribution in [0.2, 0.25) is 0 Å². The van der Waals surface area contributed by atoms with Gasteiger partial charge in [0.25, 0.3) is 0 Å². The Labute approximate surface area is 113 Å². The molecule has 16 heavy (non-hydrogen) atoms. The molecule has 0 spiro atoms. The lowest BCUT2D eigenvalue weighted by Gasteiger charge is -2.12. The lowest BCUT2D eigenvalue weighted by molar-refractivity contribution is 0.0679. The summed E-state index contributed by atoms with van der Waals surface area (Å²) in [4.78, 5) is 0. The molecular weight excluding hydrogens is 336 g/mol. The van der Waals surface area contributed by atoms with E-state index in [0.717, 1.165) is 35.0 Å². The number of halogens is 2. The number of hydrogen-bond donors (Lipinski definition) is 0. The van der Waals surface area contributed by atoms with Gasteiger partial charge in [-0.3, -0.25) is 0 Å². The highest BCUT2D eigenvalue weighted by Crippen LogP contribution is 2.25. The van der Waals surface area contributed by atoms with Gasteiger partial charge in [0.2, 0.25) is 0 Å². The van der Waals surface area contributed by atoms with Crippen LogP contribution >= 0.6 is 31.9 Å². The summed E-state index contributed by atoms with van der Waals surface area (Å²) < 4.78 is 12.3. The number of rotatable bonds is 4. The van der Waals surface area contributed by atoms with E-state index >= 15 is 0 Å².